The molecule has 1 aromatic heterocycles. The van der Waals surface area contributed by atoms with Gasteiger partial charge in [0.15, 0.2) is 5.78 Å². The molecule has 12 N–H and O–H groups in total. The fourth-order valence-electron chi connectivity index (χ4n) is 9.31. The molecule has 6 rings (SSSR count). The number of rotatable bonds is 23. The molecule has 20 nitrogen and oxygen atoms in total. The number of hydrogen-bond acceptors (Lipinski definition) is 17. The number of allylic oxidation sites excluding steroid dienone is 1. The smallest absolute Gasteiger partial charge is 0.248 e. The lowest BCUT2D eigenvalue weighted by atomic mass is 9.90. The van der Waals surface area contributed by atoms with Crippen molar-refractivity contribution in [2.75, 3.05) is 30.4 Å². The van der Waals surface area contributed by atoms with Crippen LogP contribution in [0.25, 0.3) is 5.57 Å². The summed E-state index contributed by atoms with van der Waals surface area (Å²) in [7, 11) is 4.91. The Hall–Kier alpha value is -6.25. The first-order chi connectivity index (χ1) is 40.4. The van der Waals surface area contributed by atoms with Crippen molar-refractivity contribution < 1.29 is 53.7 Å². The van der Waals surface area contributed by atoms with Crippen LogP contribution in [0.2, 0.25) is 0 Å². The van der Waals surface area contributed by atoms with Gasteiger partial charge in [0.2, 0.25) is 41.4 Å². The lowest BCUT2D eigenvalue weighted by molar-refractivity contribution is -0.141. The number of Topliss-reactive ketones (excluding diaryl/α,β-unsaturated/α-hetero) is 1. The Labute approximate surface area is 506 Å². The van der Waals surface area contributed by atoms with Crippen LogP contribution in [0.4, 0.5) is 0 Å². The standard InChI is InChI=1S/C60H77N9O11S4/c1-37(71)48(34-70)66-57(78)50-36-83-82-35-49(67-55(76)46(31-40-18-8-5-9-19-40)63-52(74)26-29-81-84-53-23-13-15-28-62-53)51(73)33-43(30-39-16-6-4-7-17-39)54(75)65-47(32-42-25-24-41-20-10-11-21-44(41)42)56(77)64-45(22-12-14-27-61)58(79)69-60(3,38(2)72)59(80)68-50/h4-11,13,15-21,23,25,28,37-38,43,45-50,70-72H,12,14,22,24,26-27,29-36,61H2,1-3H3,(H,63,74)(H,64,77)(H,65,75)(H,66,78)(H,67,76)(H,68,80)(H,69,79)/t37-,38-,43-,45+,46-,47-,48-,49+,50+,60+/m1/s1. The van der Waals surface area contributed by atoms with Gasteiger partial charge in [-0.05, 0) is 110 Å². The molecule has 0 spiro atoms. The number of amides is 7. The number of nitrogens with one attached hydrogen (secondary N) is 7. The van der Waals surface area contributed by atoms with Crippen LogP contribution >= 0.6 is 43.2 Å². The number of aromatic nitrogens is 1. The number of aliphatic hydroxyl groups is 3. The lowest BCUT2D eigenvalue weighted by Crippen LogP contribution is -2.68. The van der Waals surface area contributed by atoms with E-state index in [2.05, 4.69) is 42.2 Å². The maximum absolute atomic E-state index is 15.2. The Morgan fingerprint density at radius 3 is 2.15 bits per heavy atom. The van der Waals surface area contributed by atoms with Crippen LogP contribution < -0.4 is 43.0 Å². The van der Waals surface area contributed by atoms with E-state index in [4.69, 9.17) is 5.73 Å². The predicted molar refractivity (Wildman–Crippen MR) is 330 cm³/mol. The summed E-state index contributed by atoms with van der Waals surface area (Å²) < 4.78 is 0. The molecule has 4 aromatic rings. The molecule has 0 radical (unpaired) electrons. The van der Waals surface area contributed by atoms with Gasteiger partial charge in [-0.25, -0.2) is 4.98 Å². The Bertz CT molecular complexity index is 2880. The molecule has 452 valence electrons. The van der Waals surface area contributed by atoms with Crippen LogP contribution in [-0.2, 0) is 57.6 Å². The van der Waals surface area contributed by atoms with Gasteiger partial charge in [0, 0.05) is 55.1 Å². The minimum absolute atomic E-state index is 0.0238. The van der Waals surface area contributed by atoms with E-state index >= 15 is 9.59 Å². The summed E-state index contributed by atoms with van der Waals surface area (Å²) >= 11 is 0. The van der Waals surface area contributed by atoms with Crippen LogP contribution in [0.3, 0.4) is 0 Å². The molecular weight excluding hydrogens is 1150 g/mol. The summed E-state index contributed by atoms with van der Waals surface area (Å²) in [6.45, 7) is 3.47. The van der Waals surface area contributed by atoms with Crippen molar-refractivity contribution in [1.82, 2.24) is 42.2 Å². The molecule has 1 fully saturated rings. The number of aliphatic hydroxyl groups excluding tert-OH is 3. The highest BCUT2D eigenvalue weighted by Gasteiger charge is 2.44. The molecule has 2 aliphatic rings. The minimum Gasteiger partial charge on any atom is -0.394 e. The van der Waals surface area contributed by atoms with Crippen LogP contribution in [0.15, 0.2) is 120 Å². The zero-order valence-corrected chi connectivity index (χ0v) is 50.6. The summed E-state index contributed by atoms with van der Waals surface area (Å²) in [6.07, 6.45) is 1.88. The molecule has 2 heterocycles. The predicted octanol–water partition coefficient (Wildman–Crippen LogP) is 3.36. The highest BCUT2D eigenvalue weighted by atomic mass is 33.1. The second-order valence-electron chi connectivity index (χ2n) is 21.0. The monoisotopic (exact) mass is 1230 g/mol. The van der Waals surface area contributed by atoms with E-state index in [1.54, 1.807) is 60.8 Å². The molecular formula is C60H77N9O11S4. The molecule has 0 bridgehead atoms. The Morgan fingerprint density at radius 1 is 0.798 bits per heavy atom. The lowest BCUT2D eigenvalue weighted by Gasteiger charge is -2.35. The highest BCUT2D eigenvalue weighted by Crippen LogP contribution is 2.32. The third-order valence-electron chi connectivity index (χ3n) is 14.5. The van der Waals surface area contributed by atoms with Gasteiger partial charge in [0.25, 0.3) is 0 Å². The van der Waals surface area contributed by atoms with Crippen molar-refractivity contribution in [3.8, 4) is 0 Å². The van der Waals surface area contributed by atoms with E-state index in [1.807, 2.05) is 54.6 Å². The number of nitrogens with zero attached hydrogens (tertiary/aromatic N) is 1. The molecule has 0 saturated carbocycles. The van der Waals surface area contributed by atoms with E-state index < -0.39 is 120 Å². The van der Waals surface area contributed by atoms with Crippen molar-refractivity contribution in [2.24, 2.45) is 11.7 Å². The van der Waals surface area contributed by atoms with Crippen LogP contribution in [0.1, 0.15) is 81.5 Å². The first kappa shape index (κ1) is 66.9. The molecule has 0 unspecified atom stereocenters. The van der Waals surface area contributed by atoms with Crippen molar-refractivity contribution in [3.63, 3.8) is 0 Å². The van der Waals surface area contributed by atoms with E-state index in [0.29, 0.717) is 30.6 Å². The molecule has 7 amide bonds. The maximum atomic E-state index is 15.2. The van der Waals surface area contributed by atoms with E-state index in [9.17, 15) is 44.1 Å². The second-order valence-corrected chi connectivity index (χ2v) is 25.9. The van der Waals surface area contributed by atoms with Crippen molar-refractivity contribution in [2.45, 2.75) is 138 Å². The molecule has 24 heteroatoms. The molecule has 84 heavy (non-hydrogen) atoms. The number of benzene rings is 3. The average molecular weight is 1230 g/mol. The van der Waals surface area contributed by atoms with Gasteiger partial charge in [-0.3, -0.25) is 38.4 Å². The van der Waals surface area contributed by atoms with Crippen LogP contribution in [-0.4, -0.2) is 152 Å². The number of unbranched alkanes of at least 4 members (excludes halogenated alkanes) is 1. The summed E-state index contributed by atoms with van der Waals surface area (Å²) in [4.78, 5) is 121. The topological polar surface area (TPSA) is 320 Å². The Kier molecular flexibility index (Phi) is 27.1. The zero-order chi connectivity index (χ0) is 60.6. The van der Waals surface area contributed by atoms with Crippen LogP contribution in [0.5, 0.6) is 0 Å². The normalized spacial score (nSPS) is 22.5. The fraction of sp³-hybridized carbons (Fsp3) is 0.450. The summed E-state index contributed by atoms with van der Waals surface area (Å²) in [5.41, 5.74) is 7.77. The fourth-order valence-corrected chi connectivity index (χ4v) is 13.5. The molecule has 1 aliphatic carbocycles. The Morgan fingerprint density at radius 2 is 1.48 bits per heavy atom. The zero-order valence-electron chi connectivity index (χ0n) is 47.3. The quantitative estimate of drug-likeness (QED) is 0.0375. The van der Waals surface area contributed by atoms with Gasteiger partial charge >= 0.3 is 0 Å². The number of fused-ring (bicyclic) bond motifs is 1. The highest BCUT2D eigenvalue weighted by molar-refractivity contribution is 8.77. The summed E-state index contributed by atoms with van der Waals surface area (Å²) in [6, 6.07) is 23.4. The largest absolute Gasteiger partial charge is 0.394 e. The third kappa shape index (κ3) is 20.5. The van der Waals surface area contributed by atoms with Gasteiger partial charge < -0.3 is 58.3 Å². The SMILES string of the molecule is C[C@@H](O)[C@@H](CO)NC(=O)[C@@H]1CSSC[C@H](NC(=O)[C@@H](Cc2ccccc2)NC(=O)CCSSc2ccccn2)C(=O)C[C@@H](Cc2ccccc2)C(=O)N[C@H](CC2=CCc3ccccc32)C(=O)N[C@@H](CCCCN)C(=O)N[C@@](C)([C@@H](C)O)C(=O)N1. The average Bonchev–Trinajstić information content (AvgIpc) is 4.06. The summed E-state index contributed by atoms with van der Waals surface area (Å²) in [5.74, 6) is -6.94. The van der Waals surface area contributed by atoms with E-state index in [-0.39, 0.29) is 50.2 Å². The van der Waals surface area contributed by atoms with Crippen LogP contribution in [0, 0.1) is 5.92 Å². The van der Waals surface area contributed by atoms with Gasteiger partial charge in [-0.2, -0.15) is 0 Å². The number of pyridine rings is 1. The molecule has 3 aromatic carbocycles. The first-order valence-electron chi connectivity index (χ1n) is 28.0. The molecule has 1 aliphatic heterocycles. The number of nitrogens with two attached hydrogens (primary N) is 1. The number of carbonyl (C=O) groups is 8. The number of ketones is 1. The number of hydrogen-bond donors (Lipinski definition) is 11. The molecule has 10 atom stereocenters. The van der Waals surface area contributed by atoms with E-state index in [1.165, 1.54) is 42.4 Å². The maximum Gasteiger partial charge on any atom is 0.248 e. The third-order valence-corrected chi connectivity index (χ3v) is 19.2. The van der Waals surface area contributed by atoms with Crippen molar-refractivity contribution in [3.05, 3.63) is 138 Å². The second kappa shape index (κ2) is 34.0. The van der Waals surface area contributed by atoms with Gasteiger partial charge in [-0.1, -0.05) is 129 Å². The Balaban J connectivity index is 1.39. The number of carbonyl (C=O) groups excluding carboxylic acids is 8. The van der Waals surface area contributed by atoms with Gasteiger partial charge in [-0.15, -0.1) is 0 Å². The van der Waals surface area contributed by atoms with Gasteiger partial charge in [0.05, 0.1) is 30.9 Å². The summed E-state index contributed by atoms with van der Waals surface area (Å²) in [5, 5.41) is 51.9. The van der Waals surface area contributed by atoms with Gasteiger partial charge in [0.1, 0.15) is 34.7 Å². The molecule has 1 saturated heterocycles. The minimum atomic E-state index is -2.15. The first-order valence-corrected chi connectivity index (χ1v) is 32.8. The van der Waals surface area contributed by atoms with Crippen molar-refractivity contribution in [1.29, 1.82) is 0 Å². The van der Waals surface area contributed by atoms with Crippen molar-refractivity contribution >= 4 is 95.9 Å². The van der Waals surface area contributed by atoms with E-state index in [0.717, 1.165) is 48.9 Å².